The highest BCUT2D eigenvalue weighted by atomic mass is 32.2. The van der Waals surface area contributed by atoms with E-state index in [0.717, 1.165) is 22.7 Å². The van der Waals surface area contributed by atoms with Gasteiger partial charge in [0.05, 0.1) is 18.3 Å². The van der Waals surface area contributed by atoms with Gasteiger partial charge in [0.1, 0.15) is 5.84 Å². The average molecular weight is 279 g/mol. The van der Waals surface area contributed by atoms with E-state index in [4.69, 9.17) is 15.9 Å². The van der Waals surface area contributed by atoms with Gasteiger partial charge in [0.2, 0.25) is 0 Å². The van der Waals surface area contributed by atoms with Gasteiger partial charge in [-0.15, -0.1) is 11.8 Å². The molecule has 1 fully saturated rings. The third kappa shape index (κ3) is 2.87. The van der Waals surface area contributed by atoms with Gasteiger partial charge in [-0.2, -0.15) is 0 Å². The number of rotatable bonds is 3. The number of hydrogen-bond acceptors (Lipinski definition) is 4. The van der Waals surface area contributed by atoms with Gasteiger partial charge in [0.15, 0.2) is 0 Å². The Kier molecular flexibility index (Phi) is 4.37. The summed E-state index contributed by atoms with van der Waals surface area (Å²) in [5.41, 5.74) is 7.68. The van der Waals surface area contributed by atoms with Crippen LogP contribution in [0, 0.1) is 5.41 Å². The third-order valence-electron chi connectivity index (χ3n) is 3.41. The Morgan fingerprint density at radius 3 is 2.84 bits per heavy atom. The Morgan fingerprint density at radius 1 is 1.47 bits per heavy atom. The molecule has 5 heteroatoms. The molecule has 0 amide bonds. The second-order valence-electron chi connectivity index (χ2n) is 4.91. The quantitative estimate of drug-likeness (QED) is 0.506. The van der Waals surface area contributed by atoms with Crippen molar-refractivity contribution in [1.29, 1.82) is 5.41 Å². The molecule has 2 atom stereocenters. The van der Waals surface area contributed by atoms with E-state index < -0.39 is 0 Å². The van der Waals surface area contributed by atoms with E-state index >= 15 is 0 Å². The molecular formula is C14H21N3OS. The second kappa shape index (κ2) is 5.84. The summed E-state index contributed by atoms with van der Waals surface area (Å²) in [6, 6.07) is 6.39. The molecule has 1 saturated heterocycles. The molecular weight excluding hydrogens is 258 g/mol. The minimum Gasteiger partial charge on any atom is -0.384 e. The van der Waals surface area contributed by atoms with Gasteiger partial charge in [0, 0.05) is 23.2 Å². The Hall–Kier alpha value is -1.20. The average Bonchev–Trinajstić information content (AvgIpc) is 2.40. The molecule has 3 N–H and O–H groups in total. The molecule has 0 saturated carbocycles. The number of nitrogens with two attached hydrogens (primary N) is 1. The van der Waals surface area contributed by atoms with Crippen LogP contribution in [0.5, 0.6) is 0 Å². The number of nitrogens with one attached hydrogen (secondary N) is 1. The standard InChI is InChI=1S/C14H21N3OS/c1-9-8-18-10(2)7-17(9)11-5-4-6-12(19-3)13(11)14(15)16/h4-6,9-10H,7-8H2,1-3H3,(H3,15,16). The van der Waals surface area contributed by atoms with Crippen LogP contribution < -0.4 is 10.6 Å². The van der Waals surface area contributed by atoms with E-state index in [0.29, 0.717) is 12.6 Å². The predicted octanol–water partition coefficient (Wildman–Crippen LogP) is 2.31. The first-order chi connectivity index (χ1) is 9.04. The van der Waals surface area contributed by atoms with Gasteiger partial charge >= 0.3 is 0 Å². The molecule has 2 unspecified atom stereocenters. The number of benzene rings is 1. The summed E-state index contributed by atoms with van der Waals surface area (Å²) in [5, 5.41) is 7.86. The summed E-state index contributed by atoms with van der Waals surface area (Å²) in [4.78, 5) is 3.35. The van der Waals surface area contributed by atoms with Crippen LogP contribution in [-0.2, 0) is 4.74 Å². The fourth-order valence-corrected chi connectivity index (χ4v) is 3.07. The number of amidine groups is 1. The molecule has 1 aromatic rings. The van der Waals surface area contributed by atoms with Crippen LogP contribution in [0.15, 0.2) is 23.1 Å². The van der Waals surface area contributed by atoms with Gasteiger partial charge in [-0.25, -0.2) is 0 Å². The molecule has 19 heavy (non-hydrogen) atoms. The van der Waals surface area contributed by atoms with E-state index in [9.17, 15) is 0 Å². The van der Waals surface area contributed by atoms with Crippen molar-refractivity contribution < 1.29 is 4.74 Å². The van der Waals surface area contributed by atoms with Gasteiger partial charge in [-0.1, -0.05) is 6.07 Å². The van der Waals surface area contributed by atoms with E-state index in [1.165, 1.54) is 0 Å². The normalized spacial score (nSPS) is 23.4. The number of nitrogen functional groups attached to an aromatic ring is 1. The Balaban J connectivity index is 2.46. The van der Waals surface area contributed by atoms with Gasteiger partial charge in [0.25, 0.3) is 0 Å². The highest BCUT2D eigenvalue weighted by Crippen LogP contribution is 2.31. The summed E-state index contributed by atoms with van der Waals surface area (Å²) in [6.45, 7) is 5.76. The van der Waals surface area contributed by atoms with E-state index in [-0.39, 0.29) is 11.9 Å². The predicted molar refractivity (Wildman–Crippen MR) is 81.5 cm³/mol. The van der Waals surface area contributed by atoms with E-state index in [1.54, 1.807) is 11.8 Å². The van der Waals surface area contributed by atoms with Crippen molar-refractivity contribution in [2.45, 2.75) is 30.9 Å². The van der Waals surface area contributed by atoms with E-state index in [2.05, 4.69) is 18.7 Å². The third-order valence-corrected chi connectivity index (χ3v) is 4.19. The smallest absolute Gasteiger partial charge is 0.126 e. The molecule has 1 heterocycles. The maximum absolute atomic E-state index is 7.86. The highest BCUT2D eigenvalue weighted by molar-refractivity contribution is 7.98. The lowest BCUT2D eigenvalue weighted by atomic mass is 10.1. The number of ether oxygens (including phenoxy) is 1. The van der Waals surface area contributed by atoms with Crippen molar-refractivity contribution in [3.05, 3.63) is 23.8 Å². The van der Waals surface area contributed by atoms with Crippen molar-refractivity contribution >= 4 is 23.3 Å². The molecule has 0 radical (unpaired) electrons. The first-order valence-corrected chi connectivity index (χ1v) is 7.66. The number of nitrogens with zero attached hydrogens (tertiary/aromatic N) is 1. The molecule has 104 valence electrons. The molecule has 0 bridgehead atoms. The van der Waals surface area contributed by atoms with Crippen LogP contribution in [0.4, 0.5) is 5.69 Å². The summed E-state index contributed by atoms with van der Waals surface area (Å²) in [7, 11) is 0. The number of thioether (sulfide) groups is 1. The first kappa shape index (κ1) is 14.2. The van der Waals surface area contributed by atoms with E-state index in [1.807, 2.05) is 24.5 Å². The van der Waals surface area contributed by atoms with Gasteiger partial charge < -0.3 is 15.4 Å². The fraction of sp³-hybridized carbons (Fsp3) is 0.500. The Morgan fingerprint density at radius 2 is 2.21 bits per heavy atom. The number of anilines is 1. The van der Waals surface area contributed by atoms with Crippen LogP contribution in [0.2, 0.25) is 0 Å². The maximum Gasteiger partial charge on any atom is 0.126 e. The maximum atomic E-state index is 7.86. The zero-order valence-corrected chi connectivity index (χ0v) is 12.5. The summed E-state index contributed by atoms with van der Waals surface area (Å²) >= 11 is 1.63. The summed E-state index contributed by atoms with van der Waals surface area (Å²) < 4.78 is 5.67. The lowest BCUT2D eigenvalue weighted by molar-refractivity contribution is 0.0343. The SMILES string of the molecule is CSc1cccc(N2CC(C)OCC2C)c1C(=N)N. The van der Waals surface area contributed by atoms with Crippen LogP contribution in [0.3, 0.4) is 0 Å². The highest BCUT2D eigenvalue weighted by Gasteiger charge is 2.26. The van der Waals surface area contributed by atoms with Gasteiger partial charge in [-0.3, -0.25) is 5.41 Å². The van der Waals surface area contributed by atoms with Crippen molar-refractivity contribution in [1.82, 2.24) is 0 Å². The Labute approximate surface area is 118 Å². The zero-order valence-electron chi connectivity index (χ0n) is 11.6. The molecule has 0 aliphatic carbocycles. The minimum absolute atomic E-state index is 0.131. The van der Waals surface area contributed by atoms with Crippen molar-refractivity contribution in [3.63, 3.8) is 0 Å². The lowest BCUT2D eigenvalue weighted by Gasteiger charge is -2.39. The summed E-state index contributed by atoms with van der Waals surface area (Å²) in [6.07, 6.45) is 2.21. The summed E-state index contributed by atoms with van der Waals surface area (Å²) in [5.74, 6) is 0.131. The minimum atomic E-state index is 0.131. The zero-order chi connectivity index (χ0) is 14.0. The van der Waals surface area contributed by atoms with Crippen LogP contribution >= 0.6 is 11.8 Å². The monoisotopic (exact) mass is 279 g/mol. The van der Waals surface area contributed by atoms with Crippen LogP contribution in [0.25, 0.3) is 0 Å². The van der Waals surface area contributed by atoms with Crippen LogP contribution in [-0.4, -0.2) is 37.4 Å². The molecule has 0 spiro atoms. The molecule has 1 aromatic carbocycles. The first-order valence-electron chi connectivity index (χ1n) is 6.44. The topological polar surface area (TPSA) is 62.3 Å². The van der Waals surface area contributed by atoms with Crippen molar-refractivity contribution in [2.75, 3.05) is 24.3 Å². The number of hydrogen-bond donors (Lipinski definition) is 2. The van der Waals surface area contributed by atoms with Gasteiger partial charge in [-0.05, 0) is 32.2 Å². The number of morpholine rings is 1. The molecule has 0 aromatic heterocycles. The molecule has 4 nitrogen and oxygen atoms in total. The van der Waals surface area contributed by atoms with Crippen LogP contribution in [0.1, 0.15) is 19.4 Å². The lowest BCUT2D eigenvalue weighted by Crippen LogP contribution is -2.48. The molecule has 2 rings (SSSR count). The van der Waals surface area contributed by atoms with Crippen molar-refractivity contribution in [3.8, 4) is 0 Å². The fourth-order valence-electron chi connectivity index (χ4n) is 2.44. The molecule has 1 aliphatic heterocycles. The largest absolute Gasteiger partial charge is 0.384 e. The Bertz CT molecular complexity index is 478. The van der Waals surface area contributed by atoms with Crippen molar-refractivity contribution in [2.24, 2.45) is 5.73 Å². The molecule has 1 aliphatic rings. The second-order valence-corrected chi connectivity index (χ2v) is 5.76.